The fourth-order valence-electron chi connectivity index (χ4n) is 1.83. The van der Waals surface area contributed by atoms with E-state index >= 15 is 0 Å². The van der Waals surface area contributed by atoms with Crippen molar-refractivity contribution in [1.29, 1.82) is 0 Å². The van der Waals surface area contributed by atoms with Crippen LogP contribution in [0.1, 0.15) is 27.5 Å². The average Bonchev–Trinajstić information content (AvgIpc) is 2.89. The van der Waals surface area contributed by atoms with Crippen LogP contribution in [0.3, 0.4) is 0 Å². The van der Waals surface area contributed by atoms with Gasteiger partial charge < -0.3 is 15.1 Å². The Morgan fingerprint density at radius 1 is 1.19 bits per heavy atom. The molecule has 2 rings (SSSR count). The summed E-state index contributed by atoms with van der Waals surface area (Å²) in [6, 6.07) is 7.17. The Labute approximate surface area is 122 Å². The number of aromatic nitrogens is 1. The number of pyridine rings is 1. The van der Waals surface area contributed by atoms with Crippen molar-refractivity contribution in [3.8, 4) is 0 Å². The number of carbonyl (C=O) groups is 2. The number of rotatable bonds is 5. The first kappa shape index (κ1) is 14.8. The monoisotopic (exact) mass is 287 g/mol. The lowest BCUT2D eigenvalue weighted by atomic mass is 10.2. The maximum atomic E-state index is 11.8. The van der Waals surface area contributed by atoms with Crippen LogP contribution in [0.2, 0.25) is 0 Å². The summed E-state index contributed by atoms with van der Waals surface area (Å²) in [5, 5.41) is 5.24. The fourth-order valence-corrected chi connectivity index (χ4v) is 1.83. The molecule has 2 aromatic heterocycles. The van der Waals surface area contributed by atoms with Crippen molar-refractivity contribution in [2.75, 3.05) is 6.54 Å². The second-order valence-corrected chi connectivity index (χ2v) is 4.62. The van der Waals surface area contributed by atoms with Gasteiger partial charge in [0.15, 0.2) is 0 Å². The Hall–Kier alpha value is -2.63. The van der Waals surface area contributed by atoms with Crippen molar-refractivity contribution in [2.24, 2.45) is 0 Å². The van der Waals surface area contributed by atoms with Crippen LogP contribution in [-0.4, -0.2) is 23.3 Å². The van der Waals surface area contributed by atoms with Crippen molar-refractivity contribution >= 4 is 11.8 Å². The van der Waals surface area contributed by atoms with Crippen molar-refractivity contribution in [3.63, 3.8) is 0 Å². The van der Waals surface area contributed by atoms with Crippen LogP contribution < -0.4 is 10.6 Å². The third-order valence-corrected chi connectivity index (χ3v) is 2.93. The highest BCUT2D eigenvalue weighted by Crippen LogP contribution is 2.07. The van der Waals surface area contributed by atoms with Crippen LogP contribution in [0.25, 0.3) is 0 Å². The molecule has 0 saturated heterocycles. The molecule has 0 unspecified atom stereocenters. The minimum Gasteiger partial charge on any atom is -0.469 e. The summed E-state index contributed by atoms with van der Waals surface area (Å²) >= 11 is 0. The molecule has 2 aromatic rings. The van der Waals surface area contributed by atoms with E-state index in [0.29, 0.717) is 17.9 Å². The summed E-state index contributed by atoms with van der Waals surface area (Å²) in [5.41, 5.74) is 2.11. The summed E-state index contributed by atoms with van der Waals surface area (Å²) in [6.45, 7) is 3.83. The minimum absolute atomic E-state index is 0.0880. The van der Waals surface area contributed by atoms with E-state index in [0.717, 1.165) is 11.4 Å². The molecular formula is C15H17N3O3. The smallest absolute Gasteiger partial charge is 0.255 e. The van der Waals surface area contributed by atoms with Gasteiger partial charge in [-0.15, -0.1) is 0 Å². The van der Waals surface area contributed by atoms with Crippen LogP contribution in [0.5, 0.6) is 0 Å². The highest BCUT2D eigenvalue weighted by Gasteiger charge is 2.12. The highest BCUT2D eigenvalue weighted by atomic mass is 16.3. The third-order valence-electron chi connectivity index (χ3n) is 2.93. The van der Waals surface area contributed by atoms with Gasteiger partial charge in [-0.25, -0.2) is 0 Å². The first-order chi connectivity index (χ1) is 10.1. The number of hydrogen-bond donors (Lipinski definition) is 2. The third kappa shape index (κ3) is 4.17. The van der Waals surface area contributed by atoms with Gasteiger partial charge in [0.1, 0.15) is 5.76 Å². The molecule has 0 saturated carbocycles. The van der Waals surface area contributed by atoms with Gasteiger partial charge in [0.2, 0.25) is 5.91 Å². The SMILES string of the molecule is Cc1cccc(CNC(=O)CNC(=O)c2ccoc2C)n1. The molecule has 2 amide bonds. The van der Waals surface area contributed by atoms with E-state index in [2.05, 4.69) is 15.6 Å². The van der Waals surface area contributed by atoms with Gasteiger partial charge in [-0.05, 0) is 32.0 Å². The topological polar surface area (TPSA) is 84.2 Å². The van der Waals surface area contributed by atoms with Crippen molar-refractivity contribution in [1.82, 2.24) is 15.6 Å². The molecule has 0 aliphatic heterocycles. The molecular weight excluding hydrogens is 270 g/mol. The van der Waals surface area contributed by atoms with Crippen LogP contribution >= 0.6 is 0 Å². The molecule has 0 aliphatic rings. The standard InChI is InChI=1S/C15H17N3O3/c1-10-4-3-5-12(18-10)8-16-14(19)9-17-15(20)13-6-7-21-11(13)2/h3-7H,8-9H2,1-2H3,(H,16,19)(H,17,20). The number of furan rings is 1. The molecule has 0 bridgehead atoms. The van der Waals surface area contributed by atoms with Crippen LogP contribution in [0.4, 0.5) is 0 Å². The first-order valence-electron chi connectivity index (χ1n) is 6.58. The van der Waals surface area contributed by atoms with Crippen molar-refractivity contribution < 1.29 is 14.0 Å². The zero-order valence-corrected chi connectivity index (χ0v) is 12.0. The summed E-state index contributed by atoms with van der Waals surface area (Å²) < 4.78 is 5.04. The Balaban J connectivity index is 1.78. The molecule has 2 N–H and O–H groups in total. The van der Waals surface area contributed by atoms with Gasteiger partial charge in [-0.1, -0.05) is 6.07 Å². The molecule has 110 valence electrons. The Morgan fingerprint density at radius 3 is 2.67 bits per heavy atom. The highest BCUT2D eigenvalue weighted by molar-refractivity contribution is 5.97. The minimum atomic E-state index is -0.329. The van der Waals surface area contributed by atoms with E-state index in [1.807, 2.05) is 25.1 Å². The number of amides is 2. The largest absolute Gasteiger partial charge is 0.469 e. The zero-order valence-electron chi connectivity index (χ0n) is 12.0. The Morgan fingerprint density at radius 2 is 2.00 bits per heavy atom. The van der Waals surface area contributed by atoms with Crippen molar-refractivity contribution in [3.05, 3.63) is 53.2 Å². The summed E-state index contributed by atoms with van der Waals surface area (Å²) in [6.07, 6.45) is 1.44. The maximum Gasteiger partial charge on any atom is 0.255 e. The molecule has 0 aliphatic carbocycles. The summed E-state index contributed by atoms with van der Waals surface area (Å²) in [7, 11) is 0. The maximum absolute atomic E-state index is 11.8. The summed E-state index contributed by atoms with van der Waals surface area (Å²) in [5.74, 6) is -0.0743. The molecule has 0 spiro atoms. The van der Waals surface area contributed by atoms with Crippen LogP contribution in [0, 0.1) is 13.8 Å². The van der Waals surface area contributed by atoms with Crippen LogP contribution in [0.15, 0.2) is 34.9 Å². The predicted molar refractivity (Wildman–Crippen MR) is 76.6 cm³/mol. The van der Waals surface area contributed by atoms with Crippen molar-refractivity contribution in [2.45, 2.75) is 20.4 Å². The van der Waals surface area contributed by atoms with Gasteiger partial charge in [0.05, 0.1) is 30.6 Å². The first-order valence-corrected chi connectivity index (χ1v) is 6.58. The molecule has 21 heavy (non-hydrogen) atoms. The van der Waals surface area contributed by atoms with Gasteiger partial charge in [-0.3, -0.25) is 14.6 Å². The number of hydrogen-bond acceptors (Lipinski definition) is 4. The Bertz CT molecular complexity index is 649. The molecule has 6 nitrogen and oxygen atoms in total. The van der Waals surface area contributed by atoms with E-state index in [9.17, 15) is 9.59 Å². The molecule has 0 radical (unpaired) electrons. The molecule has 0 aromatic carbocycles. The van der Waals surface area contributed by atoms with E-state index in [1.54, 1.807) is 13.0 Å². The molecule has 0 atom stereocenters. The second-order valence-electron chi connectivity index (χ2n) is 4.62. The molecule has 2 heterocycles. The van der Waals surface area contributed by atoms with Gasteiger partial charge >= 0.3 is 0 Å². The predicted octanol–water partition coefficient (Wildman–Crippen LogP) is 1.34. The molecule has 0 fully saturated rings. The average molecular weight is 287 g/mol. The van der Waals surface area contributed by atoms with Crippen LogP contribution in [-0.2, 0) is 11.3 Å². The zero-order chi connectivity index (χ0) is 15.2. The van der Waals surface area contributed by atoms with Gasteiger partial charge in [0, 0.05) is 5.69 Å². The lowest BCUT2D eigenvalue weighted by Gasteiger charge is -2.06. The normalized spacial score (nSPS) is 10.2. The van der Waals surface area contributed by atoms with E-state index in [4.69, 9.17) is 4.42 Å². The Kier molecular flexibility index (Phi) is 4.71. The van der Waals surface area contributed by atoms with Gasteiger partial charge in [-0.2, -0.15) is 0 Å². The number of nitrogens with one attached hydrogen (secondary N) is 2. The number of carbonyl (C=O) groups excluding carboxylic acids is 2. The number of nitrogens with zero attached hydrogens (tertiary/aromatic N) is 1. The second kappa shape index (κ2) is 6.69. The molecule has 6 heteroatoms. The fraction of sp³-hybridized carbons (Fsp3) is 0.267. The van der Waals surface area contributed by atoms with E-state index in [-0.39, 0.29) is 18.4 Å². The van der Waals surface area contributed by atoms with E-state index < -0.39 is 0 Å². The van der Waals surface area contributed by atoms with Gasteiger partial charge in [0.25, 0.3) is 5.91 Å². The lowest BCUT2D eigenvalue weighted by molar-refractivity contribution is -0.120. The van der Waals surface area contributed by atoms with E-state index in [1.165, 1.54) is 6.26 Å². The summed E-state index contributed by atoms with van der Waals surface area (Å²) in [4.78, 5) is 27.7. The lowest BCUT2D eigenvalue weighted by Crippen LogP contribution is -2.36. The quantitative estimate of drug-likeness (QED) is 0.869. The number of aryl methyl sites for hydroxylation is 2.